The Hall–Kier alpha value is -2.17. The average Bonchev–Trinajstić information content (AvgIpc) is 2.33. The van der Waals surface area contributed by atoms with Crippen molar-refractivity contribution in [2.24, 2.45) is 0 Å². The molecule has 0 unspecified atom stereocenters. The van der Waals surface area contributed by atoms with Crippen molar-refractivity contribution >= 4 is 18.5 Å². The van der Waals surface area contributed by atoms with E-state index in [-0.39, 0.29) is 0 Å². The van der Waals surface area contributed by atoms with E-state index >= 15 is 0 Å². The third-order valence-corrected chi connectivity index (χ3v) is 2.07. The number of carbonyl (C=O) groups excluding carboxylic acids is 2. The van der Waals surface area contributed by atoms with E-state index in [2.05, 4.69) is 10.3 Å². The van der Waals surface area contributed by atoms with Crippen LogP contribution in [0.5, 0.6) is 0 Å². The first-order valence-corrected chi connectivity index (χ1v) is 5.95. The highest BCUT2D eigenvalue weighted by atomic mass is 16.6. The SMILES string of the molecule is CC(C)(C)OC(=O)NCC=Cc1cnccc1C=O. The summed E-state index contributed by atoms with van der Waals surface area (Å²) < 4.78 is 5.08. The number of carbonyl (C=O) groups is 2. The van der Waals surface area contributed by atoms with Gasteiger partial charge >= 0.3 is 6.09 Å². The van der Waals surface area contributed by atoms with Crippen LogP contribution in [0.15, 0.2) is 24.5 Å². The Morgan fingerprint density at radius 2 is 2.16 bits per heavy atom. The van der Waals surface area contributed by atoms with Gasteiger partial charge in [-0.15, -0.1) is 0 Å². The first kappa shape index (κ1) is 14.9. The van der Waals surface area contributed by atoms with Gasteiger partial charge < -0.3 is 10.1 Å². The Bertz CT molecular complexity index is 476. The highest BCUT2D eigenvalue weighted by Crippen LogP contribution is 2.07. The molecular weight excluding hydrogens is 244 g/mol. The summed E-state index contributed by atoms with van der Waals surface area (Å²) in [5, 5.41) is 2.59. The lowest BCUT2D eigenvalue weighted by Crippen LogP contribution is -2.32. The number of rotatable bonds is 4. The molecule has 0 saturated heterocycles. The third kappa shape index (κ3) is 5.81. The summed E-state index contributed by atoms with van der Waals surface area (Å²) in [7, 11) is 0. The van der Waals surface area contributed by atoms with Crippen LogP contribution in [-0.2, 0) is 4.74 Å². The number of pyridine rings is 1. The summed E-state index contributed by atoms with van der Waals surface area (Å²) in [4.78, 5) is 26.1. The van der Waals surface area contributed by atoms with Gasteiger partial charge in [-0.1, -0.05) is 12.2 Å². The fourth-order valence-corrected chi connectivity index (χ4v) is 1.31. The van der Waals surface area contributed by atoms with Crippen LogP contribution in [0.2, 0.25) is 0 Å². The summed E-state index contributed by atoms with van der Waals surface area (Å²) in [5.41, 5.74) is 0.758. The summed E-state index contributed by atoms with van der Waals surface area (Å²) >= 11 is 0. The summed E-state index contributed by atoms with van der Waals surface area (Å²) in [6, 6.07) is 1.63. The van der Waals surface area contributed by atoms with Crippen LogP contribution in [0.3, 0.4) is 0 Å². The zero-order valence-corrected chi connectivity index (χ0v) is 11.3. The van der Waals surface area contributed by atoms with Gasteiger partial charge in [0.05, 0.1) is 0 Å². The molecule has 0 aliphatic carbocycles. The lowest BCUT2D eigenvalue weighted by atomic mass is 10.1. The Kier molecular flexibility index (Phi) is 5.23. The Labute approximate surface area is 112 Å². The van der Waals surface area contributed by atoms with Crippen LogP contribution in [0.25, 0.3) is 6.08 Å². The molecule has 102 valence electrons. The molecule has 1 aromatic rings. The predicted molar refractivity (Wildman–Crippen MR) is 72.9 cm³/mol. The molecular formula is C14H18N2O3. The van der Waals surface area contributed by atoms with Gasteiger partial charge in [0, 0.05) is 30.1 Å². The first-order valence-electron chi connectivity index (χ1n) is 5.95. The van der Waals surface area contributed by atoms with E-state index in [9.17, 15) is 9.59 Å². The highest BCUT2D eigenvalue weighted by Gasteiger charge is 2.14. The maximum absolute atomic E-state index is 11.4. The molecule has 1 rings (SSSR count). The predicted octanol–water partition coefficient (Wildman–Crippen LogP) is 2.43. The number of ether oxygens (including phenoxy) is 1. The topological polar surface area (TPSA) is 68.3 Å². The molecule has 0 aromatic carbocycles. The van der Waals surface area contributed by atoms with Gasteiger partial charge in [-0.3, -0.25) is 9.78 Å². The van der Waals surface area contributed by atoms with E-state index in [4.69, 9.17) is 4.74 Å². The van der Waals surface area contributed by atoms with Crippen molar-refractivity contribution in [2.75, 3.05) is 6.54 Å². The Morgan fingerprint density at radius 1 is 1.42 bits per heavy atom. The van der Waals surface area contributed by atoms with E-state index in [0.717, 1.165) is 6.29 Å². The molecule has 5 heteroatoms. The summed E-state index contributed by atoms with van der Waals surface area (Å²) in [6.07, 6.45) is 6.90. The van der Waals surface area contributed by atoms with Crippen molar-refractivity contribution in [3.63, 3.8) is 0 Å². The Morgan fingerprint density at radius 3 is 2.79 bits per heavy atom. The normalized spacial score (nSPS) is 11.3. The fourth-order valence-electron chi connectivity index (χ4n) is 1.31. The third-order valence-electron chi connectivity index (χ3n) is 2.07. The van der Waals surface area contributed by atoms with E-state index < -0.39 is 11.7 Å². The molecule has 0 atom stereocenters. The minimum Gasteiger partial charge on any atom is -0.444 e. The van der Waals surface area contributed by atoms with Gasteiger partial charge in [0.25, 0.3) is 0 Å². The van der Waals surface area contributed by atoms with E-state index in [1.54, 1.807) is 51.4 Å². The monoisotopic (exact) mass is 262 g/mol. The van der Waals surface area contributed by atoms with E-state index in [1.165, 1.54) is 0 Å². The van der Waals surface area contributed by atoms with E-state index in [0.29, 0.717) is 17.7 Å². The van der Waals surface area contributed by atoms with Gasteiger partial charge in [0.15, 0.2) is 6.29 Å². The van der Waals surface area contributed by atoms with Crippen molar-refractivity contribution in [1.82, 2.24) is 10.3 Å². The number of amides is 1. The van der Waals surface area contributed by atoms with Crippen molar-refractivity contribution in [1.29, 1.82) is 0 Å². The number of aromatic nitrogens is 1. The Balaban J connectivity index is 2.47. The number of hydrogen-bond donors (Lipinski definition) is 1. The van der Waals surface area contributed by atoms with Gasteiger partial charge in [0.1, 0.15) is 5.60 Å². The maximum Gasteiger partial charge on any atom is 0.407 e. The second-order valence-electron chi connectivity index (χ2n) is 4.91. The minimum atomic E-state index is -0.512. The zero-order chi connectivity index (χ0) is 14.3. The second-order valence-corrected chi connectivity index (χ2v) is 4.91. The molecule has 1 N–H and O–H groups in total. The van der Waals surface area contributed by atoms with Crippen LogP contribution in [0, 0.1) is 0 Å². The molecule has 19 heavy (non-hydrogen) atoms. The quantitative estimate of drug-likeness (QED) is 0.846. The lowest BCUT2D eigenvalue weighted by molar-refractivity contribution is 0.0534. The first-order chi connectivity index (χ1) is 8.92. The molecule has 0 fully saturated rings. The van der Waals surface area contributed by atoms with Crippen LogP contribution in [-0.4, -0.2) is 29.5 Å². The summed E-state index contributed by atoms with van der Waals surface area (Å²) in [6.45, 7) is 5.72. The molecule has 0 aliphatic heterocycles. The smallest absolute Gasteiger partial charge is 0.407 e. The van der Waals surface area contributed by atoms with Gasteiger partial charge in [0.2, 0.25) is 0 Å². The lowest BCUT2D eigenvalue weighted by Gasteiger charge is -2.19. The molecule has 0 radical (unpaired) electrons. The van der Waals surface area contributed by atoms with Crippen LogP contribution < -0.4 is 5.32 Å². The van der Waals surface area contributed by atoms with Gasteiger partial charge in [-0.05, 0) is 26.8 Å². The van der Waals surface area contributed by atoms with Gasteiger partial charge in [-0.25, -0.2) is 4.79 Å². The fraction of sp³-hybridized carbons (Fsp3) is 0.357. The molecule has 0 aliphatic rings. The molecule has 1 amide bonds. The zero-order valence-electron chi connectivity index (χ0n) is 11.3. The highest BCUT2D eigenvalue weighted by molar-refractivity contribution is 5.81. The average molecular weight is 262 g/mol. The van der Waals surface area contributed by atoms with Crippen LogP contribution >= 0.6 is 0 Å². The van der Waals surface area contributed by atoms with Crippen molar-refractivity contribution < 1.29 is 14.3 Å². The largest absolute Gasteiger partial charge is 0.444 e. The number of aldehydes is 1. The molecule has 1 heterocycles. The van der Waals surface area contributed by atoms with Gasteiger partial charge in [-0.2, -0.15) is 0 Å². The number of nitrogens with one attached hydrogen (secondary N) is 1. The van der Waals surface area contributed by atoms with Crippen molar-refractivity contribution in [3.8, 4) is 0 Å². The minimum absolute atomic E-state index is 0.322. The molecule has 0 saturated carbocycles. The van der Waals surface area contributed by atoms with Crippen LogP contribution in [0.1, 0.15) is 36.7 Å². The molecule has 5 nitrogen and oxygen atoms in total. The number of nitrogens with zero attached hydrogens (tertiary/aromatic N) is 1. The molecule has 0 bridgehead atoms. The van der Waals surface area contributed by atoms with E-state index in [1.807, 2.05) is 0 Å². The standard InChI is InChI=1S/C14H18N2O3/c1-14(2,3)19-13(18)16-7-4-5-11-9-15-8-6-12(11)10-17/h4-6,8-10H,7H2,1-3H3,(H,16,18). The van der Waals surface area contributed by atoms with Crippen LogP contribution in [0.4, 0.5) is 4.79 Å². The number of hydrogen-bond acceptors (Lipinski definition) is 4. The second kappa shape index (κ2) is 6.68. The molecule has 1 aromatic heterocycles. The summed E-state index contributed by atoms with van der Waals surface area (Å²) in [5.74, 6) is 0. The molecule has 0 spiro atoms. The van der Waals surface area contributed by atoms with Crippen molar-refractivity contribution in [3.05, 3.63) is 35.7 Å². The van der Waals surface area contributed by atoms with Crippen molar-refractivity contribution in [2.45, 2.75) is 26.4 Å². The maximum atomic E-state index is 11.4. The number of alkyl carbamates (subject to hydrolysis) is 1.